The molecule has 0 spiro atoms. The van der Waals surface area contributed by atoms with Gasteiger partial charge in [0.25, 0.3) is 0 Å². The van der Waals surface area contributed by atoms with Gasteiger partial charge in [-0.3, -0.25) is 9.47 Å². The van der Waals surface area contributed by atoms with E-state index in [4.69, 9.17) is 4.42 Å². The first-order valence-electron chi connectivity index (χ1n) is 8.27. The molecule has 0 saturated carbocycles. The van der Waals surface area contributed by atoms with Crippen LogP contribution in [0.3, 0.4) is 0 Å². The molecule has 7 nitrogen and oxygen atoms in total. The van der Waals surface area contributed by atoms with Gasteiger partial charge >= 0.3 is 5.76 Å². The third-order valence-electron chi connectivity index (χ3n) is 4.67. The molecule has 9 heteroatoms. The zero-order valence-corrected chi connectivity index (χ0v) is 16.7. The maximum Gasteiger partial charge on any atom is 0.421 e. The Morgan fingerprint density at radius 2 is 2.00 bits per heavy atom. The Labute approximate surface area is 155 Å². The number of halogens is 1. The highest BCUT2D eigenvalue weighted by Crippen LogP contribution is 2.22. The van der Waals surface area contributed by atoms with Gasteiger partial charge in [-0.25, -0.2) is 13.2 Å². The number of benzene rings is 1. The van der Waals surface area contributed by atoms with E-state index >= 15 is 0 Å². The second kappa shape index (κ2) is 7.22. The molecule has 1 aliphatic heterocycles. The molecule has 1 aromatic carbocycles. The lowest BCUT2D eigenvalue weighted by atomic mass is 10.1. The molecular formula is C16H22BrN3O4S. The van der Waals surface area contributed by atoms with Crippen molar-refractivity contribution < 1.29 is 12.8 Å². The number of hydrogen-bond donors (Lipinski definition) is 0. The minimum absolute atomic E-state index is 0.0324. The predicted octanol–water partition coefficient (Wildman–Crippen LogP) is 2.06. The summed E-state index contributed by atoms with van der Waals surface area (Å²) in [6.07, 6.45) is 2.78. The molecule has 0 atom stereocenters. The number of fused-ring (bicyclic) bond motifs is 1. The minimum atomic E-state index is -3.18. The molecule has 0 unspecified atom stereocenters. The molecule has 1 saturated heterocycles. The van der Waals surface area contributed by atoms with Crippen molar-refractivity contribution in [1.29, 1.82) is 0 Å². The first-order chi connectivity index (χ1) is 11.8. The summed E-state index contributed by atoms with van der Waals surface area (Å²) in [7, 11) is -3.18. The van der Waals surface area contributed by atoms with Crippen LogP contribution in [0.15, 0.2) is 31.9 Å². The van der Waals surface area contributed by atoms with Gasteiger partial charge in [0.1, 0.15) is 0 Å². The maximum absolute atomic E-state index is 12.1. The minimum Gasteiger partial charge on any atom is -0.408 e. The fraction of sp³-hybridized carbons (Fsp3) is 0.562. The van der Waals surface area contributed by atoms with Gasteiger partial charge in [0.05, 0.1) is 18.4 Å². The molecule has 1 aliphatic rings. The third kappa shape index (κ3) is 3.99. The number of rotatable bonds is 5. The summed E-state index contributed by atoms with van der Waals surface area (Å²) < 4.78 is 33.1. The van der Waals surface area contributed by atoms with Crippen LogP contribution in [0.5, 0.6) is 0 Å². The van der Waals surface area contributed by atoms with Crippen molar-refractivity contribution in [2.75, 3.05) is 25.9 Å². The normalized spacial score (nSPS) is 17.6. The molecule has 0 bridgehead atoms. The van der Waals surface area contributed by atoms with Crippen molar-refractivity contribution in [2.45, 2.75) is 32.5 Å². The lowest BCUT2D eigenvalue weighted by molar-refractivity contribution is 0.131. The first kappa shape index (κ1) is 18.6. The molecular weight excluding hydrogens is 410 g/mol. The zero-order valence-electron chi connectivity index (χ0n) is 14.3. The van der Waals surface area contributed by atoms with E-state index < -0.39 is 10.0 Å². The van der Waals surface area contributed by atoms with Crippen LogP contribution in [0.25, 0.3) is 11.1 Å². The van der Waals surface area contributed by atoms with Crippen LogP contribution >= 0.6 is 15.9 Å². The van der Waals surface area contributed by atoms with Gasteiger partial charge in [0.2, 0.25) is 10.0 Å². The SMILES string of the molecule is CCN(C1CCN(Cn2c(=O)oc3cc(Br)ccc32)CC1)S(C)(=O)=O. The van der Waals surface area contributed by atoms with Gasteiger partial charge in [-0.1, -0.05) is 22.9 Å². The van der Waals surface area contributed by atoms with Crippen molar-refractivity contribution in [3.8, 4) is 0 Å². The Morgan fingerprint density at radius 1 is 1.32 bits per heavy atom. The Hall–Kier alpha value is -1.16. The summed E-state index contributed by atoms with van der Waals surface area (Å²) in [5.74, 6) is -0.374. The summed E-state index contributed by atoms with van der Waals surface area (Å²) in [4.78, 5) is 14.3. The highest BCUT2D eigenvalue weighted by atomic mass is 79.9. The van der Waals surface area contributed by atoms with Crippen LogP contribution in [0.4, 0.5) is 0 Å². The van der Waals surface area contributed by atoms with E-state index in [0.717, 1.165) is 35.9 Å². The largest absolute Gasteiger partial charge is 0.421 e. The van der Waals surface area contributed by atoms with Gasteiger partial charge in [-0.2, -0.15) is 4.31 Å². The second-order valence-corrected chi connectivity index (χ2v) is 9.22. The van der Waals surface area contributed by atoms with E-state index in [9.17, 15) is 13.2 Å². The smallest absolute Gasteiger partial charge is 0.408 e. The first-order valence-corrected chi connectivity index (χ1v) is 10.9. The molecule has 25 heavy (non-hydrogen) atoms. The van der Waals surface area contributed by atoms with Crippen molar-refractivity contribution in [3.63, 3.8) is 0 Å². The lowest BCUT2D eigenvalue weighted by Crippen LogP contribution is -2.47. The number of nitrogens with zero attached hydrogens (tertiary/aromatic N) is 3. The Morgan fingerprint density at radius 3 is 2.60 bits per heavy atom. The maximum atomic E-state index is 12.1. The van der Waals surface area contributed by atoms with Crippen LogP contribution in [0.2, 0.25) is 0 Å². The van der Waals surface area contributed by atoms with E-state index in [1.807, 2.05) is 19.1 Å². The number of sulfonamides is 1. The Balaban J connectivity index is 1.71. The topological polar surface area (TPSA) is 75.8 Å². The van der Waals surface area contributed by atoms with Crippen LogP contribution in [0, 0.1) is 0 Å². The van der Waals surface area contributed by atoms with Crippen molar-refractivity contribution in [3.05, 3.63) is 33.2 Å². The van der Waals surface area contributed by atoms with Crippen molar-refractivity contribution >= 4 is 37.1 Å². The molecule has 0 amide bonds. The number of likely N-dealkylation sites (tertiary alicyclic amines) is 1. The van der Waals surface area contributed by atoms with E-state index in [0.29, 0.717) is 18.8 Å². The average molecular weight is 432 g/mol. The quantitative estimate of drug-likeness (QED) is 0.723. The van der Waals surface area contributed by atoms with Gasteiger partial charge in [-0.15, -0.1) is 0 Å². The van der Waals surface area contributed by atoms with Gasteiger partial charge in [0, 0.05) is 30.1 Å². The zero-order chi connectivity index (χ0) is 18.2. The second-order valence-electron chi connectivity index (χ2n) is 6.37. The summed E-state index contributed by atoms with van der Waals surface area (Å²) in [5.41, 5.74) is 1.32. The molecule has 0 radical (unpaired) electrons. The summed E-state index contributed by atoms with van der Waals surface area (Å²) in [5, 5.41) is 0. The van der Waals surface area contributed by atoms with Gasteiger partial charge in [-0.05, 0) is 31.0 Å². The molecule has 2 aromatic rings. The number of hydrogen-bond acceptors (Lipinski definition) is 5. The Bertz CT molecular complexity index is 913. The van der Waals surface area contributed by atoms with Crippen LogP contribution in [0.1, 0.15) is 19.8 Å². The molecule has 138 valence electrons. The Kier molecular flexibility index (Phi) is 5.38. The van der Waals surface area contributed by atoms with Crippen LogP contribution in [-0.2, 0) is 16.7 Å². The monoisotopic (exact) mass is 431 g/mol. The van der Waals surface area contributed by atoms with E-state index in [1.54, 1.807) is 14.9 Å². The predicted molar refractivity (Wildman–Crippen MR) is 100.0 cm³/mol. The van der Waals surface area contributed by atoms with Gasteiger partial charge in [0.15, 0.2) is 5.58 Å². The van der Waals surface area contributed by atoms with E-state index in [1.165, 1.54) is 6.26 Å². The highest BCUT2D eigenvalue weighted by molar-refractivity contribution is 9.10. The molecule has 0 N–H and O–H groups in total. The summed E-state index contributed by atoms with van der Waals surface area (Å²) in [6, 6.07) is 5.56. The number of aromatic nitrogens is 1. The fourth-order valence-electron chi connectivity index (χ4n) is 3.49. The fourth-order valence-corrected chi connectivity index (χ4v) is 5.05. The van der Waals surface area contributed by atoms with Crippen molar-refractivity contribution in [1.82, 2.24) is 13.8 Å². The lowest BCUT2D eigenvalue weighted by Gasteiger charge is -2.36. The molecule has 3 rings (SSSR count). The number of oxazole rings is 1. The van der Waals surface area contributed by atoms with E-state index in [2.05, 4.69) is 20.8 Å². The molecule has 1 fully saturated rings. The molecule has 0 aliphatic carbocycles. The standard InChI is InChI=1S/C16H22BrN3O4S/c1-3-20(25(2,22)23)13-6-8-18(9-7-13)11-19-14-5-4-12(17)10-15(14)24-16(19)21/h4-5,10,13H,3,6-9,11H2,1-2H3. The van der Waals surface area contributed by atoms with Crippen molar-refractivity contribution in [2.24, 2.45) is 0 Å². The molecule has 2 heterocycles. The van der Waals surface area contributed by atoms with Crippen LogP contribution in [-0.4, -0.2) is 54.1 Å². The van der Waals surface area contributed by atoms with Crippen LogP contribution < -0.4 is 5.76 Å². The summed E-state index contributed by atoms with van der Waals surface area (Å²) in [6.45, 7) is 4.29. The van der Waals surface area contributed by atoms with E-state index in [-0.39, 0.29) is 11.8 Å². The number of piperidine rings is 1. The highest BCUT2D eigenvalue weighted by Gasteiger charge is 2.29. The molecule has 1 aromatic heterocycles. The summed E-state index contributed by atoms with van der Waals surface area (Å²) >= 11 is 3.37. The average Bonchev–Trinajstić information content (AvgIpc) is 2.83. The third-order valence-corrected chi connectivity index (χ3v) is 6.58. The van der Waals surface area contributed by atoms with Gasteiger partial charge < -0.3 is 4.42 Å².